The Kier molecular flexibility index (Phi) is 15.9. The van der Waals surface area contributed by atoms with Crippen molar-refractivity contribution in [3.05, 3.63) is 0 Å². The van der Waals surface area contributed by atoms with E-state index >= 15 is 0 Å². The van der Waals surface area contributed by atoms with Gasteiger partial charge in [0.2, 0.25) is 0 Å². The predicted molar refractivity (Wildman–Crippen MR) is 105 cm³/mol. The van der Waals surface area contributed by atoms with E-state index in [1.165, 1.54) is 95.6 Å². The molecule has 1 fully saturated rings. The lowest BCUT2D eigenvalue weighted by molar-refractivity contribution is 0.0773. The van der Waals surface area contributed by atoms with Crippen LogP contribution in [0.25, 0.3) is 0 Å². The van der Waals surface area contributed by atoms with Crippen molar-refractivity contribution in [1.82, 2.24) is 4.31 Å². The van der Waals surface area contributed by atoms with Crippen LogP contribution in [0.4, 0.5) is 0 Å². The molecule has 0 aromatic rings. The first-order valence-electron chi connectivity index (χ1n) is 10.4. The maximum atomic E-state index is 5.37. The van der Waals surface area contributed by atoms with Crippen LogP contribution in [0.1, 0.15) is 96.8 Å². The molecule has 0 bridgehead atoms. The van der Waals surface area contributed by atoms with E-state index in [-0.39, 0.29) is 0 Å². The minimum absolute atomic E-state index is 0.922. The molecule has 1 aliphatic rings. The molecule has 0 aromatic carbocycles. The Morgan fingerprint density at radius 2 is 1.09 bits per heavy atom. The van der Waals surface area contributed by atoms with Gasteiger partial charge < -0.3 is 4.74 Å². The number of unbranched alkanes of at least 4 members (excludes halogenated alkanes) is 13. The van der Waals surface area contributed by atoms with Gasteiger partial charge in [-0.15, -0.1) is 0 Å². The van der Waals surface area contributed by atoms with Crippen LogP contribution < -0.4 is 0 Å². The summed E-state index contributed by atoms with van der Waals surface area (Å²) >= 11 is 2.03. The molecular formula is C20H41NOS. The number of hydrogen-bond acceptors (Lipinski definition) is 3. The average molecular weight is 344 g/mol. The van der Waals surface area contributed by atoms with Crippen molar-refractivity contribution in [3.8, 4) is 0 Å². The van der Waals surface area contributed by atoms with E-state index in [0.717, 1.165) is 26.3 Å². The highest BCUT2D eigenvalue weighted by Crippen LogP contribution is 2.16. The molecular weight excluding hydrogens is 302 g/mol. The third kappa shape index (κ3) is 14.3. The van der Waals surface area contributed by atoms with Crippen molar-refractivity contribution in [2.24, 2.45) is 0 Å². The molecule has 0 amide bonds. The Morgan fingerprint density at radius 1 is 0.652 bits per heavy atom. The van der Waals surface area contributed by atoms with Gasteiger partial charge >= 0.3 is 0 Å². The fourth-order valence-electron chi connectivity index (χ4n) is 3.17. The minimum atomic E-state index is 0.922. The molecule has 0 aromatic heterocycles. The van der Waals surface area contributed by atoms with Gasteiger partial charge in [-0.05, 0) is 6.42 Å². The van der Waals surface area contributed by atoms with Crippen LogP contribution in [0.2, 0.25) is 0 Å². The SMILES string of the molecule is CCCCCCCCCCCCCCCCSN1CCOCC1. The van der Waals surface area contributed by atoms with E-state index in [1.807, 2.05) is 11.9 Å². The van der Waals surface area contributed by atoms with E-state index in [4.69, 9.17) is 4.74 Å². The second-order valence-corrected chi connectivity index (χ2v) is 8.15. The molecule has 1 aliphatic heterocycles. The molecule has 0 spiro atoms. The van der Waals surface area contributed by atoms with E-state index in [0.29, 0.717) is 0 Å². The lowest BCUT2D eigenvalue weighted by Gasteiger charge is -2.25. The average Bonchev–Trinajstić information content (AvgIpc) is 2.59. The zero-order valence-electron chi connectivity index (χ0n) is 15.7. The predicted octanol–water partition coefficient (Wildman–Crippen LogP) is 6.45. The lowest BCUT2D eigenvalue weighted by atomic mass is 10.0. The van der Waals surface area contributed by atoms with Gasteiger partial charge in [-0.1, -0.05) is 102 Å². The minimum Gasteiger partial charge on any atom is -0.379 e. The Hall–Kier alpha value is 0.270. The molecule has 2 nitrogen and oxygen atoms in total. The van der Waals surface area contributed by atoms with Gasteiger partial charge in [-0.3, -0.25) is 0 Å². The van der Waals surface area contributed by atoms with Gasteiger partial charge in [-0.25, -0.2) is 4.31 Å². The topological polar surface area (TPSA) is 12.5 Å². The van der Waals surface area contributed by atoms with Gasteiger partial charge in [-0.2, -0.15) is 0 Å². The number of rotatable bonds is 16. The van der Waals surface area contributed by atoms with Crippen LogP contribution in [-0.2, 0) is 4.74 Å². The second-order valence-electron chi connectivity index (χ2n) is 6.97. The molecule has 3 heteroatoms. The standard InChI is InChI=1S/C20H41NOS/c1-2-3-4-5-6-7-8-9-10-11-12-13-14-15-20-23-21-16-18-22-19-17-21/h2-20H2,1H3. The fraction of sp³-hybridized carbons (Fsp3) is 1.00. The highest BCUT2D eigenvalue weighted by Gasteiger charge is 2.09. The molecule has 0 atom stereocenters. The van der Waals surface area contributed by atoms with E-state index in [1.54, 1.807) is 0 Å². The van der Waals surface area contributed by atoms with Crippen LogP contribution in [0, 0.1) is 0 Å². The molecule has 0 radical (unpaired) electrons. The molecule has 1 rings (SSSR count). The zero-order chi connectivity index (χ0) is 16.4. The van der Waals surface area contributed by atoms with Gasteiger partial charge in [0.05, 0.1) is 13.2 Å². The third-order valence-electron chi connectivity index (χ3n) is 4.74. The summed E-state index contributed by atoms with van der Waals surface area (Å²) in [4.78, 5) is 0. The van der Waals surface area contributed by atoms with Crippen molar-refractivity contribution in [3.63, 3.8) is 0 Å². The third-order valence-corrected chi connectivity index (χ3v) is 5.94. The summed E-state index contributed by atoms with van der Waals surface area (Å²) in [6, 6.07) is 0. The van der Waals surface area contributed by atoms with Crippen LogP contribution in [0.15, 0.2) is 0 Å². The monoisotopic (exact) mass is 343 g/mol. The number of nitrogens with zero attached hydrogens (tertiary/aromatic N) is 1. The summed E-state index contributed by atoms with van der Waals surface area (Å²) in [6.07, 6.45) is 20.3. The quantitative estimate of drug-likeness (QED) is 0.236. The second kappa shape index (κ2) is 17.1. The molecule has 138 valence electrons. The first-order chi connectivity index (χ1) is 11.4. The van der Waals surface area contributed by atoms with Crippen LogP contribution in [0.5, 0.6) is 0 Å². The van der Waals surface area contributed by atoms with Crippen molar-refractivity contribution in [2.75, 3.05) is 32.1 Å². The summed E-state index contributed by atoms with van der Waals surface area (Å²) in [7, 11) is 0. The summed E-state index contributed by atoms with van der Waals surface area (Å²) < 4.78 is 7.85. The highest BCUT2D eigenvalue weighted by atomic mass is 32.2. The van der Waals surface area contributed by atoms with Gasteiger partial charge in [0.25, 0.3) is 0 Å². The Balaban J connectivity index is 1.67. The first-order valence-corrected chi connectivity index (χ1v) is 11.3. The van der Waals surface area contributed by atoms with Crippen molar-refractivity contribution in [2.45, 2.75) is 96.8 Å². The molecule has 1 heterocycles. The Labute approximate surface area is 150 Å². The van der Waals surface area contributed by atoms with Crippen molar-refractivity contribution < 1.29 is 4.74 Å². The van der Waals surface area contributed by atoms with Crippen molar-refractivity contribution in [1.29, 1.82) is 0 Å². The summed E-state index contributed by atoms with van der Waals surface area (Å²) in [5.74, 6) is 1.30. The molecule has 0 saturated carbocycles. The van der Waals surface area contributed by atoms with Crippen LogP contribution in [0.3, 0.4) is 0 Å². The number of ether oxygens (including phenoxy) is 1. The van der Waals surface area contributed by atoms with E-state index in [9.17, 15) is 0 Å². The molecule has 0 aliphatic carbocycles. The summed E-state index contributed by atoms with van der Waals surface area (Å²) in [6.45, 7) is 6.37. The van der Waals surface area contributed by atoms with E-state index in [2.05, 4.69) is 11.2 Å². The van der Waals surface area contributed by atoms with Gasteiger partial charge in [0.15, 0.2) is 0 Å². The number of hydrogen-bond donors (Lipinski definition) is 0. The zero-order valence-corrected chi connectivity index (χ0v) is 16.5. The summed E-state index contributed by atoms with van der Waals surface area (Å²) in [5.41, 5.74) is 0. The van der Waals surface area contributed by atoms with Gasteiger partial charge in [0.1, 0.15) is 0 Å². The Bertz CT molecular complexity index is 232. The fourth-order valence-corrected chi connectivity index (χ4v) is 4.16. The first kappa shape index (κ1) is 21.3. The van der Waals surface area contributed by atoms with Crippen molar-refractivity contribution >= 4 is 11.9 Å². The highest BCUT2D eigenvalue weighted by molar-refractivity contribution is 7.97. The smallest absolute Gasteiger partial charge is 0.0603 e. The molecule has 0 N–H and O–H groups in total. The Morgan fingerprint density at radius 3 is 1.57 bits per heavy atom. The normalized spacial score (nSPS) is 16.0. The number of morpholine rings is 1. The lowest BCUT2D eigenvalue weighted by Crippen LogP contribution is -2.31. The van der Waals surface area contributed by atoms with Gasteiger partial charge in [0, 0.05) is 18.8 Å². The maximum Gasteiger partial charge on any atom is 0.0603 e. The largest absolute Gasteiger partial charge is 0.379 e. The maximum absolute atomic E-state index is 5.37. The molecule has 1 saturated heterocycles. The molecule has 0 unspecified atom stereocenters. The van der Waals surface area contributed by atoms with Crippen LogP contribution in [-0.4, -0.2) is 36.4 Å². The van der Waals surface area contributed by atoms with E-state index < -0.39 is 0 Å². The van der Waals surface area contributed by atoms with Crippen LogP contribution >= 0.6 is 11.9 Å². The molecule has 23 heavy (non-hydrogen) atoms. The summed E-state index contributed by atoms with van der Waals surface area (Å²) in [5, 5.41) is 0.